The SMILES string of the molecule is Cn1cc(COc2cc(Cl)c(Cl)cc2N)nn1. The number of hydrogen-bond donors (Lipinski definition) is 1. The summed E-state index contributed by atoms with van der Waals surface area (Å²) in [5, 5.41) is 8.48. The van der Waals surface area contributed by atoms with Crippen molar-refractivity contribution >= 4 is 28.9 Å². The van der Waals surface area contributed by atoms with Crippen LogP contribution in [0.2, 0.25) is 10.0 Å². The van der Waals surface area contributed by atoms with E-state index in [-0.39, 0.29) is 6.61 Å². The minimum absolute atomic E-state index is 0.274. The van der Waals surface area contributed by atoms with E-state index in [1.807, 2.05) is 0 Å². The largest absolute Gasteiger partial charge is 0.485 e. The third-order valence-electron chi connectivity index (χ3n) is 2.08. The van der Waals surface area contributed by atoms with Gasteiger partial charge in [-0.25, -0.2) is 0 Å². The van der Waals surface area contributed by atoms with Gasteiger partial charge in [0.1, 0.15) is 18.1 Å². The molecule has 0 aliphatic carbocycles. The summed E-state index contributed by atoms with van der Waals surface area (Å²) in [7, 11) is 1.78. The van der Waals surface area contributed by atoms with E-state index in [2.05, 4.69) is 10.3 Å². The lowest BCUT2D eigenvalue weighted by Gasteiger charge is -2.08. The summed E-state index contributed by atoms with van der Waals surface area (Å²) in [6, 6.07) is 3.13. The van der Waals surface area contributed by atoms with Crippen molar-refractivity contribution in [3.05, 3.63) is 34.1 Å². The molecule has 17 heavy (non-hydrogen) atoms. The lowest BCUT2D eigenvalue weighted by molar-refractivity contribution is 0.303. The first-order valence-corrected chi connectivity index (χ1v) is 5.54. The van der Waals surface area contributed by atoms with E-state index in [1.54, 1.807) is 30.1 Å². The number of halogens is 2. The van der Waals surface area contributed by atoms with Gasteiger partial charge in [-0.15, -0.1) is 5.10 Å². The van der Waals surface area contributed by atoms with Crippen LogP contribution in [0.1, 0.15) is 5.69 Å². The van der Waals surface area contributed by atoms with Crippen molar-refractivity contribution in [3.63, 3.8) is 0 Å². The lowest BCUT2D eigenvalue weighted by atomic mass is 10.3. The zero-order chi connectivity index (χ0) is 12.4. The highest BCUT2D eigenvalue weighted by Gasteiger charge is 2.07. The number of aromatic nitrogens is 3. The Morgan fingerprint density at radius 1 is 1.35 bits per heavy atom. The van der Waals surface area contributed by atoms with E-state index >= 15 is 0 Å². The highest BCUT2D eigenvalue weighted by molar-refractivity contribution is 6.42. The van der Waals surface area contributed by atoms with Gasteiger partial charge in [-0.1, -0.05) is 28.4 Å². The molecule has 0 fully saturated rings. The van der Waals surface area contributed by atoms with Crippen LogP contribution >= 0.6 is 23.2 Å². The molecule has 0 spiro atoms. The lowest BCUT2D eigenvalue weighted by Crippen LogP contribution is -1.99. The summed E-state index contributed by atoms with van der Waals surface area (Å²) in [5.41, 5.74) is 6.89. The third-order valence-corrected chi connectivity index (χ3v) is 2.80. The Bertz CT molecular complexity index is 541. The molecule has 0 saturated carbocycles. The maximum absolute atomic E-state index is 5.87. The van der Waals surface area contributed by atoms with Gasteiger partial charge in [0.05, 0.1) is 21.9 Å². The number of nitrogen functional groups attached to an aromatic ring is 1. The molecule has 0 atom stereocenters. The highest BCUT2D eigenvalue weighted by Crippen LogP contribution is 2.32. The molecule has 2 N–H and O–H groups in total. The molecule has 0 bridgehead atoms. The smallest absolute Gasteiger partial charge is 0.144 e. The van der Waals surface area contributed by atoms with Gasteiger partial charge in [-0.05, 0) is 6.07 Å². The minimum Gasteiger partial charge on any atom is -0.485 e. The molecule has 7 heteroatoms. The van der Waals surface area contributed by atoms with Crippen LogP contribution in [0.5, 0.6) is 5.75 Å². The van der Waals surface area contributed by atoms with E-state index in [9.17, 15) is 0 Å². The van der Waals surface area contributed by atoms with Crippen molar-refractivity contribution in [1.29, 1.82) is 0 Å². The van der Waals surface area contributed by atoms with Gasteiger partial charge < -0.3 is 10.5 Å². The number of hydrogen-bond acceptors (Lipinski definition) is 4. The zero-order valence-electron chi connectivity index (χ0n) is 9.02. The van der Waals surface area contributed by atoms with Crippen molar-refractivity contribution in [1.82, 2.24) is 15.0 Å². The molecule has 0 saturated heterocycles. The van der Waals surface area contributed by atoms with Crippen molar-refractivity contribution in [2.24, 2.45) is 7.05 Å². The Hall–Kier alpha value is -1.46. The molecule has 0 aliphatic rings. The Morgan fingerprint density at radius 3 is 2.71 bits per heavy atom. The van der Waals surface area contributed by atoms with Gasteiger partial charge in [0, 0.05) is 13.1 Å². The summed E-state index contributed by atoms with van der Waals surface area (Å²) in [6.45, 7) is 0.274. The normalized spacial score (nSPS) is 10.5. The van der Waals surface area contributed by atoms with Gasteiger partial charge in [0.2, 0.25) is 0 Å². The van der Waals surface area contributed by atoms with Gasteiger partial charge in [0.15, 0.2) is 0 Å². The van der Waals surface area contributed by atoms with Crippen LogP contribution in [0.25, 0.3) is 0 Å². The fourth-order valence-electron chi connectivity index (χ4n) is 1.28. The number of benzene rings is 1. The molecule has 0 aliphatic heterocycles. The molecule has 2 rings (SSSR count). The minimum atomic E-state index is 0.274. The van der Waals surface area contributed by atoms with Gasteiger partial charge in [-0.3, -0.25) is 4.68 Å². The summed E-state index contributed by atoms with van der Waals surface area (Å²) in [4.78, 5) is 0. The molecule has 0 unspecified atom stereocenters. The molecular formula is C10H10Cl2N4O. The number of rotatable bonds is 3. The van der Waals surface area contributed by atoms with E-state index in [4.69, 9.17) is 33.7 Å². The molecule has 1 heterocycles. The van der Waals surface area contributed by atoms with Crippen molar-refractivity contribution in [3.8, 4) is 5.75 Å². The van der Waals surface area contributed by atoms with Crippen LogP contribution in [0, 0.1) is 0 Å². The number of nitrogens with zero attached hydrogens (tertiary/aromatic N) is 3. The third kappa shape index (κ3) is 2.81. The molecule has 0 amide bonds. The van der Waals surface area contributed by atoms with Crippen LogP contribution in [-0.2, 0) is 13.7 Å². The second-order valence-electron chi connectivity index (χ2n) is 3.48. The molecule has 1 aromatic heterocycles. The van der Waals surface area contributed by atoms with E-state index in [0.29, 0.717) is 27.2 Å². The van der Waals surface area contributed by atoms with Crippen molar-refractivity contribution < 1.29 is 4.74 Å². The summed E-state index contributed by atoms with van der Waals surface area (Å²) in [6.07, 6.45) is 1.76. The molecular weight excluding hydrogens is 263 g/mol. The van der Waals surface area contributed by atoms with Gasteiger partial charge in [-0.2, -0.15) is 0 Å². The maximum atomic E-state index is 5.87. The fraction of sp³-hybridized carbons (Fsp3) is 0.200. The standard InChI is InChI=1S/C10H10Cl2N4O/c1-16-4-6(14-15-16)5-17-10-3-8(12)7(11)2-9(10)13/h2-4H,5,13H2,1H3. The average molecular weight is 273 g/mol. The van der Waals surface area contributed by atoms with E-state index in [1.165, 1.54) is 0 Å². The zero-order valence-corrected chi connectivity index (χ0v) is 10.5. The predicted octanol–water partition coefficient (Wildman–Crippen LogP) is 2.28. The summed E-state index contributed by atoms with van der Waals surface area (Å²) >= 11 is 11.7. The van der Waals surface area contributed by atoms with Gasteiger partial charge in [0.25, 0.3) is 0 Å². The summed E-state index contributed by atoms with van der Waals surface area (Å²) in [5.74, 6) is 0.477. The number of anilines is 1. The molecule has 5 nitrogen and oxygen atoms in total. The number of nitrogens with two attached hydrogens (primary N) is 1. The predicted molar refractivity (Wildman–Crippen MR) is 66.2 cm³/mol. The first-order chi connectivity index (χ1) is 8.06. The van der Waals surface area contributed by atoms with Crippen LogP contribution < -0.4 is 10.5 Å². The molecule has 90 valence electrons. The second kappa shape index (κ2) is 4.81. The molecule has 1 aromatic carbocycles. The van der Waals surface area contributed by atoms with Crippen molar-refractivity contribution in [2.75, 3.05) is 5.73 Å². The van der Waals surface area contributed by atoms with Crippen LogP contribution in [-0.4, -0.2) is 15.0 Å². The molecule has 2 aromatic rings. The van der Waals surface area contributed by atoms with Crippen LogP contribution in [0.15, 0.2) is 18.3 Å². The quantitative estimate of drug-likeness (QED) is 0.871. The van der Waals surface area contributed by atoms with Gasteiger partial charge >= 0.3 is 0 Å². The Balaban J connectivity index is 2.11. The Kier molecular flexibility index (Phi) is 3.40. The monoisotopic (exact) mass is 272 g/mol. The topological polar surface area (TPSA) is 66.0 Å². The first-order valence-electron chi connectivity index (χ1n) is 4.79. The molecule has 0 radical (unpaired) electrons. The number of ether oxygens (including phenoxy) is 1. The Labute approximate surface area is 108 Å². The van der Waals surface area contributed by atoms with Crippen LogP contribution in [0.3, 0.4) is 0 Å². The first kappa shape index (κ1) is 12.0. The highest BCUT2D eigenvalue weighted by atomic mass is 35.5. The van der Waals surface area contributed by atoms with Crippen molar-refractivity contribution in [2.45, 2.75) is 6.61 Å². The van der Waals surface area contributed by atoms with E-state index < -0.39 is 0 Å². The number of aryl methyl sites for hydroxylation is 1. The second-order valence-corrected chi connectivity index (χ2v) is 4.29. The average Bonchev–Trinajstić information content (AvgIpc) is 2.68. The maximum Gasteiger partial charge on any atom is 0.144 e. The van der Waals surface area contributed by atoms with Crippen LogP contribution in [0.4, 0.5) is 5.69 Å². The van der Waals surface area contributed by atoms with E-state index in [0.717, 1.165) is 0 Å². The summed E-state index contributed by atoms with van der Waals surface area (Å²) < 4.78 is 7.08. The fourth-order valence-corrected chi connectivity index (χ4v) is 1.61. The Morgan fingerprint density at radius 2 is 2.06 bits per heavy atom.